The quantitative estimate of drug-likeness (QED) is 0.287. The molecule has 0 aliphatic carbocycles. The molecule has 1 aromatic heterocycles. The van der Waals surface area contributed by atoms with Gasteiger partial charge in [0.15, 0.2) is 5.82 Å². The van der Waals surface area contributed by atoms with Crippen LogP contribution in [-0.4, -0.2) is 45.4 Å². The first kappa shape index (κ1) is 25.5. The monoisotopic (exact) mass is 495 g/mol. The van der Waals surface area contributed by atoms with E-state index in [1.165, 1.54) is 17.7 Å². The number of hydrogen-bond acceptors (Lipinski definition) is 5. The first-order valence-electron chi connectivity index (χ1n) is 11.7. The van der Waals surface area contributed by atoms with Gasteiger partial charge >= 0.3 is 6.18 Å². The van der Waals surface area contributed by atoms with Gasteiger partial charge in [-0.3, -0.25) is 4.90 Å². The van der Waals surface area contributed by atoms with Crippen molar-refractivity contribution in [2.24, 2.45) is 0 Å². The Morgan fingerprint density at radius 1 is 0.889 bits per heavy atom. The minimum Gasteiger partial charge on any atom is -0.383 e. The molecule has 1 unspecified atom stereocenters. The largest absolute Gasteiger partial charge is 0.416 e. The highest BCUT2D eigenvalue weighted by Gasteiger charge is 2.32. The number of ether oxygens (including phenoxy) is 1. The minimum atomic E-state index is -4.41. The maximum Gasteiger partial charge on any atom is 0.416 e. The second-order valence-corrected chi connectivity index (χ2v) is 8.47. The Hall–Kier alpha value is -3.56. The zero-order valence-corrected chi connectivity index (χ0v) is 20.0. The topological polar surface area (TPSA) is 56.1 Å². The van der Waals surface area contributed by atoms with Crippen LogP contribution in [0.1, 0.15) is 34.1 Å². The Balaban J connectivity index is 1.75. The third-order valence-corrected chi connectivity index (χ3v) is 5.99. The third kappa shape index (κ3) is 6.56. The van der Waals surface area contributed by atoms with Crippen LogP contribution in [0.15, 0.2) is 84.9 Å². The van der Waals surface area contributed by atoms with Crippen molar-refractivity contribution in [2.75, 3.05) is 20.3 Å². The van der Waals surface area contributed by atoms with Crippen LogP contribution in [0.4, 0.5) is 13.2 Å². The van der Waals surface area contributed by atoms with Gasteiger partial charge in [-0.15, -0.1) is 5.10 Å². The predicted molar refractivity (Wildman–Crippen MR) is 130 cm³/mol. The number of aromatic nitrogens is 4. The summed E-state index contributed by atoms with van der Waals surface area (Å²) < 4.78 is 46.7. The van der Waals surface area contributed by atoms with Gasteiger partial charge in [0.05, 0.1) is 24.8 Å². The van der Waals surface area contributed by atoms with Gasteiger partial charge in [0.25, 0.3) is 0 Å². The van der Waals surface area contributed by atoms with Gasteiger partial charge in [-0.1, -0.05) is 72.8 Å². The van der Waals surface area contributed by atoms with E-state index in [-0.39, 0.29) is 0 Å². The Morgan fingerprint density at radius 2 is 1.53 bits per heavy atom. The highest BCUT2D eigenvalue weighted by Crippen LogP contribution is 2.33. The van der Waals surface area contributed by atoms with Gasteiger partial charge < -0.3 is 4.74 Å². The lowest BCUT2D eigenvalue weighted by atomic mass is 10.0. The summed E-state index contributed by atoms with van der Waals surface area (Å²) in [6.45, 7) is 2.03. The van der Waals surface area contributed by atoms with E-state index in [9.17, 15) is 13.2 Å². The summed E-state index contributed by atoms with van der Waals surface area (Å²) in [5.74, 6) is 0.552. The summed E-state index contributed by atoms with van der Waals surface area (Å²) in [4.78, 5) is 2.21. The molecule has 0 aliphatic rings. The zero-order chi connectivity index (χ0) is 25.4. The van der Waals surface area contributed by atoms with E-state index in [4.69, 9.17) is 4.74 Å². The van der Waals surface area contributed by atoms with Crippen molar-refractivity contribution >= 4 is 0 Å². The van der Waals surface area contributed by atoms with Crippen molar-refractivity contribution in [3.63, 3.8) is 0 Å². The molecule has 0 radical (unpaired) electrons. The van der Waals surface area contributed by atoms with Gasteiger partial charge in [0, 0.05) is 20.2 Å². The molecule has 0 amide bonds. The van der Waals surface area contributed by atoms with Gasteiger partial charge in [-0.2, -0.15) is 13.2 Å². The molecule has 36 heavy (non-hydrogen) atoms. The number of tetrazole rings is 1. The van der Waals surface area contributed by atoms with Crippen LogP contribution in [0.2, 0.25) is 0 Å². The van der Waals surface area contributed by atoms with Crippen molar-refractivity contribution in [3.8, 4) is 0 Å². The molecule has 1 heterocycles. The van der Waals surface area contributed by atoms with Crippen LogP contribution in [0.5, 0.6) is 0 Å². The van der Waals surface area contributed by atoms with Crippen molar-refractivity contribution < 1.29 is 17.9 Å². The average Bonchev–Trinajstić information content (AvgIpc) is 3.35. The first-order chi connectivity index (χ1) is 17.5. The molecule has 0 fully saturated rings. The van der Waals surface area contributed by atoms with Gasteiger partial charge in [-0.05, 0) is 45.7 Å². The number of rotatable bonds is 11. The molecule has 0 N–H and O–H groups in total. The summed E-state index contributed by atoms with van der Waals surface area (Å²) in [5.41, 5.74) is 2.24. The highest BCUT2D eigenvalue weighted by molar-refractivity contribution is 5.31. The fourth-order valence-corrected chi connectivity index (χ4v) is 4.16. The van der Waals surface area contributed by atoms with E-state index in [0.717, 1.165) is 24.1 Å². The maximum absolute atomic E-state index is 13.3. The number of alkyl halides is 3. The van der Waals surface area contributed by atoms with Crippen molar-refractivity contribution in [3.05, 3.63) is 113 Å². The number of benzene rings is 3. The minimum absolute atomic E-state index is 0.403. The van der Waals surface area contributed by atoms with Crippen LogP contribution in [0.25, 0.3) is 0 Å². The smallest absolute Gasteiger partial charge is 0.383 e. The SMILES string of the molecule is COCCn1nnnc1C(c1ccc(C(F)(F)F)cc1)N(CCc1ccccc1)Cc1ccccc1. The van der Waals surface area contributed by atoms with Crippen LogP contribution in [0.3, 0.4) is 0 Å². The predicted octanol–water partition coefficient (Wildman–Crippen LogP) is 5.17. The molecule has 188 valence electrons. The molecule has 9 heteroatoms. The summed E-state index contributed by atoms with van der Waals surface area (Å²) in [6.07, 6.45) is -3.66. The van der Waals surface area contributed by atoms with Crippen LogP contribution >= 0.6 is 0 Å². The summed E-state index contributed by atoms with van der Waals surface area (Å²) in [7, 11) is 1.60. The number of halogens is 3. The Kier molecular flexibility index (Phi) is 8.45. The fourth-order valence-electron chi connectivity index (χ4n) is 4.16. The van der Waals surface area contributed by atoms with Gasteiger partial charge in [0.1, 0.15) is 0 Å². The van der Waals surface area contributed by atoms with E-state index >= 15 is 0 Å². The van der Waals surface area contributed by atoms with E-state index < -0.39 is 17.8 Å². The standard InChI is InChI=1S/C27H28F3N5O/c1-36-19-18-35-26(31-32-33-35)25(23-12-14-24(15-13-23)27(28,29)30)34(20-22-10-6-3-7-11-22)17-16-21-8-4-2-5-9-21/h2-15,25H,16-20H2,1H3. The molecule has 6 nitrogen and oxygen atoms in total. The summed E-state index contributed by atoms with van der Waals surface area (Å²) in [6, 6.07) is 24.9. The summed E-state index contributed by atoms with van der Waals surface area (Å²) in [5, 5.41) is 12.3. The lowest BCUT2D eigenvalue weighted by molar-refractivity contribution is -0.137. The molecule has 0 aliphatic heterocycles. The summed E-state index contributed by atoms with van der Waals surface area (Å²) >= 11 is 0. The van der Waals surface area contributed by atoms with Crippen molar-refractivity contribution in [1.29, 1.82) is 0 Å². The van der Waals surface area contributed by atoms with Gasteiger partial charge in [-0.25, -0.2) is 4.68 Å². The highest BCUT2D eigenvalue weighted by atomic mass is 19.4. The van der Waals surface area contributed by atoms with Crippen molar-refractivity contribution in [1.82, 2.24) is 25.1 Å². The van der Waals surface area contributed by atoms with Gasteiger partial charge in [0.2, 0.25) is 0 Å². The van der Waals surface area contributed by atoms with Crippen LogP contribution in [-0.2, 0) is 30.4 Å². The van der Waals surface area contributed by atoms with E-state index in [1.807, 2.05) is 48.5 Å². The molecular formula is C27H28F3N5O. The number of methoxy groups -OCH3 is 1. The average molecular weight is 496 g/mol. The molecule has 4 aromatic rings. The second kappa shape index (κ2) is 11.9. The maximum atomic E-state index is 13.3. The Bertz CT molecular complexity index is 1200. The zero-order valence-electron chi connectivity index (χ0n) is 20.0. The first-order valence-corrected chi connectivity index (χ1v) is 11.7. The lowest BCUT2D eigenvalue weighted by Gasteiger charge is -2.32. The normalized spacial score (nSPS) is 12.7. The second-order valence-electron chi connectivity index (χ2n) is 8.47. The molecule has 0 saturated heterocycles. The van der Waals surface area contributed by atoms with E-state index in [1.54, 1.807) is 11.8 Å². The lowest BCUT2D eigenvalue weighted by Crippen LogP contribution is -2.33. The Labute approximate surface area is 208 Å². The molecule has 3 aromatic carbocycles. The molecular weight excluding hydrogens is 467 g/mol. The molecule has 0 spiro atoms. The number of hydrogen-bond donors (Lipinski definition) is 0. The molecule has 4 rings (SSSR count). The van der Waals surface area contributed by atoms with E-state index in [0.29, 0.717) is 37.6 Å². The van der Waals surface area contributed by atoms with E-state index in [2.05, 4.69) is 32.6 Å². The molecule has 1 atom stereocenters. The van der Waals surface area contributed by atoms with Crippen LogP contribution < -0.4 is 0 Å². The fraction of sp³-hybridized carbons (Fsp3) is 0.296. The van der Waals surface area contributed by atoms with Crippen molar-refractivity contribution in [2.45, 2.75) is 31.7 Å². The Morgan fingerprint density at radius 3 is 2.14 bits per heavy atom. The van der Waals surface area contributed by atoms with Crippen LogP contribution in [0, 0.1) is 0 Å². The third-order valence-electron chi connectivity index (χ3n) is 5.99. The molecule has 0 bridgehead atoms. The molecule has 0 saturated carbocycles. The number of nitrogens with zero attached hydrogens (tertiary/aromatic N) is 5.